The van der Waals surface area contributed by atoms with Crippen molar-refractivity contribution in [2.45, 2.75) is 27.7 Å². The molecule has 4 heteroatoms. The number of benzene rings is 1. The number of hydrogen-bond acceptors (Lipinski definition) is 2. The molecular weight excluding hydrogens is 322 g/mol. The van der Waals surface area contributed by atoms with Crippen LogP contribution in [0.25, 0.3) is 0 Å². The van der Waals surface area contributed by atoms with Gasteiger partial charge in [-0.25, -0.2) is 0 Å². The highest BCUT2D eigenvalue weighted by Crippen LogP contribution is 2.29. The Bertz CT molecular complexity index is 603. The number of halogens is 1. The second-order valence-corrected chi connectivity index (χ2v) is 6.85. The maximum Gasteiger partial charge on any atom is 0.265 e. The first-order valence-corrected chi connectivity index (χ1v) is 7.64. The van der Waals surface area contributed by atoms with Crippen molar-refractivity contribution in [1.82, 2.24) is 0 Å². The van der Waals surface area contributed by atoms with Crippen molar-refractivity contribution < 1.29 is 4.79 Å². The van der Waals surface area contributed by atoms with Crippen molar-refractivity contribution in [3.8, 4) is 0 Å². The molecule has 1 N–H and O–H groups in total. The van der Waals surface area contributed by atoms with Crippen molar-refractivity contribution in [3.05, 3.63) is 49.1 Å². The molecule has 1 amide bonds. The lowest BCUT2D eigenvalue weighted by atomic mass is 10.1. The molecule has 0 aliphatic carbocycles. The summed E-state index contributed by atoms with van der Waals surface area (Å²) in [5.74, 6) is -0.0474. The Hall–Kier alpha value is -1.13. The third kappa shape index (κ3) is 3.07. The fraction of sp³-hybridized carbons (Fsp3) is 0.267. The minimum Gasteiger partial charge on any atom is -0.320 e. The van der Waals surface area contributed by atoms with Crippen LogP contribution >= 0.6 is 27.3 Å². The summed E-state index contributed by atoms with van der Waals surface area (Å²) in [5.41, 5.74) is 4.24. The van der Waals surface area contributed by atoms with E-state index >= 15 is 0 Å². The molecule has 0 unspecified atom stereocenters. The molecule has 2 aromatic rings. The summed E-state index contributed by atoms with van der Waals surface area (Å²) in [6.07, 6.45) is 0. The number of carbonyl (C=O) groups is 1. The van der Waals surface area contributed by atoms with E-state index in [9.17, 15) is 4.79 Å². The summed E-state index contributed by atoms with van der Waals surface area (Å²) in [7, 11) is 0. The van der Waals surface area contributed by atoms with Gasteiger partial charge in [0.15, 0.2) is 0 Å². The third-order valence-corrected chi connectivity index (χ3v) is 4.84. The van der Waals surface area contributed by atoms with Crippen molar-refractivity contribution in [1.29, 1.82) is 0 Å². The van der Waals surface area contributed by atoms with Crippen molar-refractivity contribution >= 4 is 38.9 Å². The first-order chi connectivity index (χ1) is 8.88. The van der Waals surface area contributed by atoms with Gasteiger partial charge in [0, 0.05) is 9.35 Å². The molecule has 0 aliphatic heterocycles. The molecule has 2 rings (SSSR count). The lowest BCUT2D eigenvalue weighted by Gasteiger charge is -2.11. The molecular formula is C15H16BrNOS. The Morgan fingerprint density at radius 1 is 1.11 bits per heavy atom. The highest BCUT2D eigenvalue weighted by molar-refractivity contribution is 9.10. The molecule has 0 atom stereocenters. The molecule has 0 aliphatic rings. The zero-order valence-electron chi connectivity index (χ0n) is 11.4. The number of nitrogens with one attached hydrogen (secondary N) is 1. The molecule has 2 nitrogen and oxygen atoms in total. The Kier molecular flexibility index (Phi) is 4.11. The summed E-state index contributed by atoms with van der Waals surface area (Å²) >= 11 is 5.04. The van der Waals surface area contributed by atoms with Gasteiger partial charge in [-0.1, -0.05) is 6.07 Å². The van der Waals surface area contributed by atoms with E-state index in [1.165, 1.54) is 21.8 Å². The Morgan fingerprint density at radius 2 is 1.79 bits per heavy atom. The van der Waals surface area contributed by atoms with Crippen LogP contribution in [0.3, 0.4) is 0 Å². The van der Waals surface area contributed by atoms with Crippen LogP contribution in [0.2, 0.25) is 0 Å². The Balaban J connectivity index is 2.29. The van der Waals surface area contributed by atoms with Crippen molar-refractivity contribution in [2.75, 3.05) is 5.32 Å². The van der Waals surface area contributed by atoms with E-state index < -0.39 is 0 Å². The fourth-order valence-electron chi connectivity index (χ4n) is 1.93. The maximum atomic E-state index is 12.2. The fourth-order valence-corrected chi connectivity index (χ4v) is 3.64. The third-order valence-electron chi connectivity index (χ3n) is 3.06. The van der Waals surface area contributed by atoms with E-state index in [4.69, 9.17) is 0 Å². The molecule has 0 bridgehead atoms. The normalized spacial score (nSPS) is 10.6. The van der Waals surface area contributed by atoms with Crippen LogP contribution in [0, 0.1) is 27.7 Å². The topological polar surface area (TPSA) is 29.1 Å². The van der Waals surface area contributed by atoms with Gasteiger partial charge in [-0.2, -0.15) is 0 Å². The van der Waals surface area contributed by atoms with Gasteiger partial charge in [0.05, 0.1) is 10.6 Å². The van der Waals surface area contributed by atoms with Gasteiger partial charge >= 0.3 is 0 Å². The molecule has 19 heavy (non-hydrogen) atoms. The van der Waals surface area contributed by atoms with E-state index in [0.29, 0.717) is 0 Å². The number of amides is 1. The second kappa shape index (κ2) is 5.47. The summed E-state index contributed by atoms with van der Waals surface area (Å²) in [4.78, 5) is 14.2. The van der Waals surface area contributed by atoms with Crippen molar-refractivity contribution in [2.24, 2.45) is 0 Å². The summed E-state index contributed by atoms with van der Waals surface area (Å²) in [6.45, 7) is 8.09. The van der Waals surface area contributed by atoms with Crippen LogP contribution in [0.15, 0.2) is 22.7 Å². The number of carbonyl (C=O) groups excluding carboxylic acids is 1. The predicted molar refractivity (Wildman–Crippen MR) is 85.4 cm³/mol. The average molecular weight is 338 g/mol. The summed E-state index contributed by atoms with van der Waals surface area (Å²) in [5, 5.41) is 2.99. The average Bonchev–Trinajstić information content (AvgIpc) is 2.64. The summed E-state index contributed by atoms with van der Waals surface area (Å²) in [6, 6.07) is 6.01. The van der Waals surface area contributed by atoms with Gasteiger partial charge in [0.25, 0.3) is 5.91 Å². The van der Waals surface area contributed by atoms with Gasteiger partial charge in [0.2, 0.25) is 0 Å². The van der Waals surface area contributed by atoms with Crippen LogP contribution in [-0.2, 0) is 0 Å². The molecule has 1 aromatic carbocycles. The molecule has 0 radical (unpaired) electrons. The maximum absolute atomic E-state index is 12.2. The van der Waals surface area contributed by atoms with Gasteiger partial charge in [-0.15, -0.1) is 11.3 Å². The number of aryl methyl sites for hydroxylation is 4. The Morgan fingerprint density at radius 3 is 2.32 bits per heavy atom. The number of rotatable bonds is 2. The second-order valence-electron chi connectivity index (χ2n) is 4.74. The van der Waals surface area contributed by atoms with Crippen LogP contribution in [-0.4, -0.2) is 5.91 Å². The minimum atomic E-state index is -0.0474. The largest absolute Gasteiger partial charge is 0.320 e. The van der Waals surface area contributed by atoms with E-state index in [2.05, 4.69) is 27.3 Å². The first kappa shape index (κ1) is 14.3. The zero-order valence-corrected chi connectivity index (χ0v) is 13.8. The molecule has 0 saturated heterocycles. The van der Waals surface area contributed by atoms with E-state index in [0.717, 1.165) is 26.2 Å². The van der Waals surface area contributed by atoms with Crippen LogP contribution in [0.4, 0.5) is 5.69 Å². The number of thiophene rings is 1. The van der Waals surface area contributed by atoms with Crippen molar-refractivity contribution in [3.63, 3.8) is 0 Å². The Labute approximate surface area is 126 Å². The smallest absolute Gasteiger partial charge is 0.265 e. The zero-order chi connectivity index (χ0) is 14.2. The first-order valence-electron chi connectivity index (χ1n) is 6.03. The monoisotopic (exact) mass is 337 g/mol. The minimum absolute atomic E-state index is 0.0474. The standard InChI is InChI=1S/C15H16BrNOS/c1-8-5-10(3)14(12(16)6-8)17-15(18)13-7-9(2)11(4)19-13/h5-7H,1-4H3,(H,17,18). The highest BCUT2D eigenvalue weighted by atomic mass is 79.9. The highest BCUT2D eigenvalue weighted by Gasteiger charge is 2.13. The SMILES string of the molecule is Cc1cc(C)c(NC(=O)c2cc(C)c(C)s2)c(Br)c1. The number of anilines is 1. The lowest BCUT2D eigenvalue weighted by molar-refractivity contribution is 0.103. The van der Waals surface area contributed by atoms with E-state index in [-0.39, 0.29) is 5.91 Å². The number of hydrogen-bond donors (Lipinski definition) is 1. The van der Waals surface area contributed by atoms with Gasteiger partial charge in [0.1, 0.15) is 0 Å². The van der Waals surface area contributed by atoms with Gasteiger partial charge in [-0.3, -0.25) is 4.79 Å². The molecule has 0 fully saturated rings. The van der Waals surface area contributed by atoms with E-state index in [1.54, 1.807) is 0 Å². The molecule has 0 spiro atoms. The van der Waals surface area contributed by atoms with Gasteiger partial charge < -0.3 is 5.32 Å². The molecule has 1 aromatic heterocycles. The molecule has 0 saturated carbocycles. The van der Waals surface area contributed by atoms with Crippen LogP contribution < -0.4 is 5.32 Å². The molecule has 100 valence electrons. The quantitative estimate of drug-likeness (QED) is 0.821. The predicted octanol–water partition coefficient (Wildman–Crippen LogP) is 5.00. The van der Waals surface area contributed by atoms with Gasteiger partial charge in [-0.05, 0) is 72.4 Å². The van der Waals surface area contributed by atoms with Crippen LogP contribution in [0.1, 0.15) is 31.2 Å². The summed E-state index contributed by atoms with van der Waals surface area (Å²) < 4.78 is 0.920. The van der Waals surface area contributed by atoms with Crippen LogP contribution in [0.5, 0.6) is 0 Å². The molecule has 1 heterocycles. The van der Waals surface area contributed by atoms with E-state index in [1.807, 2.05) is 39.8 Å². The lowest BCUT2D eigenvalue weighted by Crippen LogP contribution is -2.11.